The standard InChI is InChI=1S/C21H25NO5/c1-14-16(22(5)6)12-13-17(26-20(24)27-21(2,3)4)18(14)19(23)25-15-10-8-7-9-11-15/h7-13H,1-6H3. The van der Waals surface area contributed by atoms with Gasteiger partial charge in [0.05, 0.1) is 0 Å². The summed E-state index contributed by atoms with van der Waals surface area (Å²) in [7, 11) is 3.73. The summed E-state index contributed by atoms with van der Waals surface area (Å²) in [5.41, 5.74) is 0.921. The Bertz CT molecular complexity index is 822. The Balaban J connectivity index is 2.40. The molecule has 0 radical (unpaired) electrons. The van der Waals surface area contributed by atoms with Crippen LogP contribution in [0.3, 0.4) is 0 Å². The zero-order chi connectivity index (χ0) is 20.2. The molecule has 0 aliphatic rings. The molecule has 0 aliphatic carbocycles. The molecule has 0 heterocycles. The predicted octanol–water partition coefficient (Wildman–Crippen LogP) is 4.59. The zero-order valence-corrected chi connectivity index (χ0v) is 16.5. The van der Waals surface area contributed by atoms with E-state index in [-0.39, 0.29) is 11.3 Å². The van der Waals surface area contributed by atoms with Crippen LogP contribution in [0.25, 0.3) is 0 Å². The van der Waals surface area contributed by atoms with Crippen LogP contribution in [0.2, 0.25) is 0 Å². The number of anilines is 1. The van der Waals surface area contributed by atoms with Crippen molar-refractivity contribution in [3.05, 3.63) is 53.6 Å². The number of carbonyl (C=O) groups is 2. The van der Waals surface area contributed by atoms with Crippen molar-refractivity contribution in [2.45, 2.75) is 33.3 Å². The predicted molar refractivity (Wildman–Crippen MR) is 104 cm³/mol. The maximum absolute atomic E-state index is 12.8. The molecule has 2 aromatic carbocycles. The molecule has 0 spiro atoms. The number of ether oxygens (including phenoxy) is 3. The monoisotopic (exact) mass is 371 g/mol. The first-order valence-electron chi connectivity index (χ1n) is 8.57. The van der Waals surface area contributed by atoms with Gasteiger partial charge < -0.3 is 19.1 Å². The molecule has 6 nitrogen and oxygen atoms in total. The van der Waals surface area contributed by atoms with Gasteiger partial charge >= 0.3 is 12.1 Å². The fourth-order valence-electron chi connectivity index (χ4n) is 2.51. The fraction of sp³-hybridized carbons (Fsp3) is 0.333. The Hall–Kier alpha value is -3.02. The minimum Gasteiger partial charge on any atom is -0.428 e. The molecule has 2 aromatic rings. The summed E-state index contributed by atoms with van der Waals surface area (Å²) >= 11 is 0. The lowest BCUT2D eigenvalue weighted by molar-refractivity contribution is 0.0204. The maximum Gasteiger partial charge on any atom is 0.514 e. The molecule has 27 heavy (non-hydrogen) atoms. The molecular weight excluding hydrogens is 346 g/mol. The number of benzene rings is 2. The van der Waals surface area contributed by atoms with Gasteiger partial charge in [0.1, 0.15) is 22.7 Å². The number of hydrogen-bond donors (Lipinski definition) is 0. The largest absolute Gasteiger partial charge is 0.514 e. The van der Waals surface area contributed by atoms with Gasteiger partial charge in [-0.25, -0.2) is 9.59 Å². The molecule has 0 N–H and O–H groups in total. The average Bonchev–Trinajstić information content (AvgIpc) is 2.53. The van der Waals surface area contributed by atoms with Crippen molar-refractivity contribution in [3.63, 3.8) is 0 Å². The summed E-state index contributed by atoms with van der Waals surface area (Å²) < 4.78 is 16.0. The smallest absolute Gasteiger partial charge is 0.428 e. The summed E-state index contributed by atoms with van der Waals surface area (Å²) in [4.78, 5) is 26.8. The van der Waals surface area contributed by atoms with Gasteiger partial charge in [-0.1, -0.05) is 18.2 Å². The second kappa shape index (κ2) is 8.12. The van der Waals surface area contributed by atoms with E-state index in [1.54, 1.807) is 64.1 Å². The van der Waals surface area contributed by atoms with Crippen LogP contribution < -0.4 is 14.4 Å². The van der Waals surface area contributed by atoms with Crippen LogP contribution in [0.1, 0.15) is 36.7 Å². The van der Waals surface area contributed by atoms with Gasteiger partial charge in [0.25, 0.3) is 0 Å². The molecule has 0 aromatic heterocycles. The summed E-state index contributed by atoms with van der Waals surface area (Å²) in [6, 6.07) is 12.1. The van der Waals surface area contributed by atoms with Gasteiger partial charge in [-0.2, -0.15) is 0 Å². The Morgan fingerprint density at radius 3 is 2.11 bits per heavy atom. The van der Waals surface area contributed by atoms with Crippen molar-refractivity contribution in [1.29, 1.82) is 0 Å². The quantitative estimate of drug-likeness (QED) is 0.445. The van der Waals surface area contributed by atoms with Crippen molar-refractivity contribution in [2.24, 2.45) is 0 Å². The zero-order valence-electron chi connectivity index (χ0n) is 16.5. The van der Waals surface area contributed by atoms with Crippen LogP contribution >= 0.6 is 0 Å². The summed E-state index contributed by atoms with van der Waals surface area (Å²) in [6.45, 7) is 6.98. The van der Waals surface area contributed by atoms with Gasteiger partial charge in [-0.05, 0) is 57.5 Å². The summed E-state index contributed by atoms with van der Waals surface area (Å²) in [5.74, 6) is -0.116. The molecule has 0 unspecified atom stereocenters. The highest BCUT2D eigenvalue weighted by molar-refractivity contribution is 5.98. The van der Waals surface area contributed by atoms with E-state index in [2.05, 4.69) is 0 Å². The van der Waals surface area contributed by atoms with Crippen LogP contribution in [-0.4, -0.2) is 31.8 Å². The van der Waals surface area contributed by atoms with E-state index in [9.17, 15) is 9.59 Å². The first-order valence-corrected chi connectivity index (χ1v) is 8.57. The lowest BCUT2D eigenvalue weighted by Crippen LogP contribution is -2.27. The number of nitrogens with zero attached hydrogens (tertiary/aromatic N) is 1. The Morgan fingerprint density at radius 1 is 0.926 bits per heavy atom. The van der Waals surface area contributed by atoms with E-state index in [1.165, 1.54) is 0 Å². The summed E-state index contributed by atoms with van der Waals surface area (Å²) in [5, 5.41) is 0. The molecule has 0 fully saturated rings. The minimum absolute atomic E-state index is 0.0910. The molecule has 0 atom stereocenters. The summed E-state index contributed by atoms with van der Waals surface area (Å²) in [6.07, 6.45) is -0.881. The Labute approximate surface area is 159 Å². The number of para-hydroxylation sites is 1. The maximum atomic E-state index is 12.8. The van der Waals surface area contributed by atoms with Gasteiger partial charge in [-0.3, -0.25) is 0 Å². The molecular formula is C21H25NO5. The molecule has 0 aliphatic heterocycles. The number of carbonyl (C=O) groups excluding carboxylic acids is 2. The normalized spacial score (nSPS) is 10.9. The number of esters is 1. The first kappa shape index (κ1) is 20.3. The lowest BCUT2D eigenvalue weighted by atomic mass is 10.0. The van der Waals surface area contributed by atoms with Crippen LogP contribution in [0.15, 0.2) is 42.5 Å². The number of rotatable bonds is 4. The van der Waals surface area contributed by atoms with E-state index < -0.39 is 17.7 Å². The van der Waals surface area contributed by atoms with Crippen molar-refractivity contribution >= 4 is 17.8 Å². The fourth-order valence-corrected chi connectivity index (χ4v) is 2.51. The highest BCUT2D eigenvalue weighted by atomic mass is 16.7. The number of hydrogen-bond acceptors (Lipinski definition) is 6. The third-order valence-electron chi connectivity index (χ3n) is 3.62. The van der Waals surface area contributed by atoms with Crippen LogP contribution in [0.4, 0.5) is 10.5 Å². The Kier molecular flexibility index (Phi) is 6.10. The topological polar surface area (TPSA) is 65.1 Å². The van der Waals surface area contributed by atoms with Gasteiger partial charge in [0, 0.05) is 19.8 Å². The van der Waals surface area contributed by atoms with Crippen molar-refractivity contribution in [1.82, 2.24) is 0 Å². The molecule has 0 saturated heterocycles. The van der Waals surface area contributed by atoms with E-state index in [4.69, 9.17) is 14.2 Å². The SMILES string of the molecule is Cc1c(N(C)C)ccc(OC(=O)OC(C)(C)C)c1C(=O)Oc1ccccc1. The van der Waals surface area contributed by atoms with Crippen molar-refractivity contribution in [2.75, 3.05) is 19.0 Å². The van der Waals surface area contributed by atoms with Gasteiger partial charge in [0.15, 0.2) is 0 Å². The second-order valence-electron chi connectivity index (χ2n) is 7.25. The first-order chi connectivity index (χ1) is 12.6. The van der Waals surface area contributed by atoms with Gasteiger partial charge in [-0.15, -0.1) is 0 Å². The van der Waals surface area contributed by atoms with Crippen molar-refractivity contribution in [3.8, 4) is 11.5 Å². The van der Waals surface area contributed by atoms with Crippen LogP contribution in [0, 0.1) is 6.92 Å². The van der Waals surface area contributed by atoms with Gasteiger partial charge in [0.2, 0.25) is 0 Å². The van der Waals surface area contributed by atoms with Crippen LogP contribution in [0.5, 0.6) is 11.5 Å². The highest BCUT2D eigenvalue weighted by Crippen LogP contribution is 2.31. The molecule has 144 valence electrons. The molecule has 0 saturated carbocycles. The second-order valence-corrected chi connectivity index (χ2v) is 7.25. The minimum atomic E-state index is -0.881. The van der Waals surface area contributed by atoms with Crippen molar-refractivity contribution < 1.29 is 23.8 Å². The highest BCUT2D eigenvalue weighted by Gasteiger charge is 2.25. The van der Waals surface area contributed by atoms with E-state index >= 15 is 0 Å². The molecule has 2 rings (SSSR count). The average molecular weight is 371 g/mol. The third-order valence-corrected chi connectivity index (χ3v) is 3.62. The lowest BCUT2D eigenvalue weighted by Gasteiger charge is -2.22. The van der Waals surface area contributed by atoms with E-state index in [0.717, 1.165) is 5.69 Å². The van der Waals surface area contributed by atoms with E-state index in [0.29, 0.717) is 11.3 Å². The molecule has 0 bridgehead atoms. The molecule has 0 amide bonds. The third kappa shape index (κ3) is 5.48. The molecule has 6 heteroatoms. The Morgan fingerprint density at radius 2 is 1.56 bits per heavy atom. The van der Waals surface area contributed by atoms with E-state index in [1.807, 2.05) is 25.1 Å². The van der Waals surface area contributed by atoms with Crippen LogP contribution in [-0.2, 0) is 4.74 Å².